The lowest BCUT2D eigenvalue weighted by Gasteiger charge is -2.35. The fourth-order valence-electron chi connectivity index (χ4n) is 4.53. The Hall–Kier alpha value is -1.92. The van der Waals surface area contributed by atoms with Crippen LogP contribution in [0, 0.1) is 0 Å². The summed E-state index contributed by atoms with van der Waals surface area (Å²) in [6.07, 6.45) is 4.59. The molecule has 1 aliphatic heterocycles. The van der Waals surface area contributed by atoms with Gasteiger partial charge in [0.15, 0.2) is 0 Å². The van der Waals surface area contributed by atoms with Crippen LogP contribution in [0.2, 0.25) is 0 Å². The van der Waals surface area contributed by atoms with E-state index in [0.29, 0.717) is 0 Å². The molecule has 0 radical (unpaired) electrons. The number of aliphatic hydroxyl groups excluding tert-OH is 1. The van der Waals surface area contributed by atoms with Crippen molar-refractivity contribution in [1.29, 1.82) is 0 Å². The second kappa shape index (κ2) is 9.70. The summed E-state index contributed by atoms with van der Waals surface area (Å²) < 4.78 is 1.30. The summed E-state index contributed by atoms with van der Waals surface area (Å²) in [6, 6.07) is 13.2. The summed E-state index contributed by atoms with van der Waals surface area (Å²) >= 11 is 1.79. The van der Waals surface area contributed by atoms with Crippen molar-refractivity contribution < 1.29 is 5.11 Å². The molecule has 31 heavy (non-hydrogen) atoms. The van der Waals surface area contributed by atoms with Crippen molar-refractivity contribution in [2.24, 2.45) is 0 Å². The molecule has 1 atom stereocenters. The molecule has 164 valence electrons. The molecule has 6 heteroatoms. The zero-order valence-corrected chi connectivity index (χ0v) is 19.6. The molecule has 1 aliphatic carbocycles. The molecule has 4 nitrogen and oxygen atoms in total. The zero-order valence-electron chi connectivity index (χ0n) is 18.0. The summed E-state index contributed by atoms with van der Waals surface area (Å²) in [5.74, 6) is 1.14. The largest absolute Gasteiger partial charge is 0.393 e. The van der Waals surface area contributed by atoms with E-state index in [2.05, 4.69) is 64.6 Å². The van der Waals surface area contributed by atoms with Crippen molar-refractivity contribution in [2.45, 2.75) is 32.3 Å². The minimum atomic E-state index is -0.174. The number of likely N-dealkylation sites (N-methyl/N-ethyl adjacent to an activating group) is 1. The molecule has 2 aliphatic rings. The predicted molar refractivity (Wildman–Crippen MR) is 134 cm³/mol. The summed E-state index contributed by atoms with van der Waals surface area (Å²) in [7, 11) is 0. The molecule has 1 aromatic carbocycles. The molecule has 2 aromatic heterocycles. The van der Waals surface area contributed by atoms with E-state index in [9.17, 15) is 5.11 Å². The molecular weight excluding hydrogens is 426 g/mol. The van der Waals surface area contributed by atoms with Gasteiger partial charge in [0.2, 0.25) is 0 Å². The van der Waals surface area contributed by atoms with Crippen LogP contribution in [0.3, 0.4) is 0 Å². The number of aliphatic hydroxyl groups is 1. The predicted octanol–water partition coefficient (Wildman–Crippen LogP) is 5.46. The maximum absolute atomic E-state index is 9.74. The van der Waals surface area contributed by atoms with E-state index in [0.717, 1.165) is 69.1 Å². The number of anilines is 1. The number of thiophene rings is 1. The Morgan fingerprint density at radius 2 is 1.81 bits per heavy atom. The van der Waals surface area contributed by atoms with E-state index in [4.69, 9.17) is 4.98 Å². The number of aromatic nitrogens is 1. The fourth-order valence-corrected chi connectivity index (χ4v) is 5.43. The topological polar surface area (TPSA) is 39.6 Å². The first kappa shape index (κ1) is 22.3. The smallest absolute Gasteiger partial charge is 0.147 e. The van der Waals surface area contributed by atoms with E-state index >= 15 is 0 Å². The number of piperazine rings is 1. The first-order chi connectivity index (χ1) is 14.7. The molecule has 1 N–H and O–H groups in total. The van der Waals surface area contributed by atoms with E-state index < -0.39 is 0 Å². The minimum absolute atomic E-state index is 0. The van der Waals surface area contributed by atoms with E-state index in [1.807, 2.05) is 0 Å². The number of allylic oxidation sites excluding steroid dienone is 1. The lowest BCUT2D eigenvalue weighted by Crippen LogP contribution is -2.46. The Balaban J connectivity index is 0.00000231. The average molecular weight is 456 g/mol. The molecule has 0 saturated carbocycles. The van der Waals surface area contributed by atoms with E-state index in [1.165, 1.54) is 21.2 Å². The van der Waals surface area contributed by atoms with Gasteiger partial charge in [0, 0.05) is 31.7 Å². The Labute approximate surface area is 194 Å². The Kier molecular flexibility index (Phi) is 6.97. The van der Waals surface area contributed by atoms with Crippen LogP contribution in [0.1, 0.15) is 31.7 Å². The molecule has 0 spiro atoms. The molecular formula is C25H30ClN3OS. The number of rotatable bonds is 4. The summed E-state index contributed by atoms with van der Waals surface area (Å²) in [5, 5.41) is 13.2. The molecule has 1 fully saturated rings. The molecule has 5 rings (SSSR count). The highest BCUT2D eigenvalue weighted by atomic mass is 35.5. The van der Waals surface area contributed by atoms with Crippen LogP contribution in [0.25, 0.3) is 26.9 Å². The van der Waals surface area contributed by atoms with Crippen molar-refractivity contribution in [3.8, 4) is 11.3 Å². The van der Waals surface area contributed by atoms with Gasteiger partial charge in [-0.2, -0.15) is 0 Å². The number of nitrogens with zero attached hydrogens (tertiary/aromatic N) is 3. The van der Waals surface area contributed by atoms with E-state index in [1.54, 1.807) is 11.3 Å². The highest BCUT2D eigenvalue weighted by Crippen LogP contribution is 2.35. The summed E-state index contributed by atoms with van der Waals surface area (Å²) in [5.41, 5.74) is 4.82. The van der Waals surface area contributed by atoms with Gasteiger partial charge in [0.05, 0.1) is 16.5 Å². The van der Waals surface area contributed by atoms with Crippen LogP contribution in [-0.2, 0) is 0 Å². The Morgan fingerprint density at radius 3 is 2.48 bits per heavy atom. The van der Waals surface area contributed by atoms with Gasteiger partial charge in [-0.3, -0.25) is 0 Å². The number of fused-ring (bicyclic) bond motifs is 1. The minimum Gasteiger partial charge on any atom is -0.393 e. The van der Waals surface area contributed by atoms with Gasteiger partial charge >= 0.3 is 0 Å². The van der Waals surface area contributed by atoms with Crippen molar-refractivity contribution in [3.05, 3.63) is 53.4 Å². The quantitative estimate of drug-likeness (QED) is 0.567. The lowest BCUT2D eigenvalue weighted by molar-refractivity contribution is 0.166. The number of pyridine rings is 1. The second-order valence-corrected chi connectivity index (χ2v) is 9.24. The monoisotopic (exact) mass is 455 g/mol. The standard InChI is InChI=1S/C25H29N3OS.ClH/c1-2-27-12-14-28(15-13-27)25-24-21(11-16-30-24)17-23(26-25)20-5-3-18(4-6-20)19-7-9-22(29)10-8-19;/h3-7,11,16-17,22,29H,2,8-10,12-15H2,1H3;1H. The zero-order chi connectivity index (χ0) is 20.5. The number of hydrogen-bond acceptors (Lipinski definition) is 5. The van der Waals surface area contributed by atoms with E-state index in [-0.39, 0.29) is 18.5 Å². The van der Waals surface area contributed by atoms with Gasteiger partial charge < -0.3 is 14.9 Å². The second-order valence-electron chi connectivity index (χ2n) is 8.33. The maximum atomic E-state index is 9.74. The number of benzene rings is 1. The first-order valence-electron chi connectivity index (χ1n) is 11.0. The van der Waals surface area contributed by atoms with Gasteiger partial charge in [-0.15, -0.1) is 23.7 Å². The maximum Gasteiger partial charge on any atom is 0.147 e. The lowest BCUT2D eigenvalue weighted by atomic mass is 9.91. The van der Waals surface area contributed by atoms with Crippen LogP contribution < -0.4 is 4.90 Å². The fraction of sp³-hybridized carbons (Fsp3) is 0.400. The summed E-state index contributed by atoms with van der Waals surface area (Å²) in [4.78, 5) is 10.1. The molecule has 0 bridgehead atoms. The molecule has 3 aromatic rings. The summed E-state index contributed by atoms with van der Waals surface area (Å²) in [6.45, 7) is 7.65. The molecule has 3 heterocycles. The van der Waals surface area contributed by atoms with Crippen LogP contribution in [0.5, 0.6) is 0 Å². The number of hydrogen-bond donors (Lipinski definition) is 1. The van der Waals surface area contributed by atoms with Crippen molar-refractivity contribution in [1.82, 2.24) is 9.88 Å². The van der Waals surface area contributed by atoms with Crippen LogP contribution in [-0.4, -0.2) is 53.8 Å². The van der Waals surface area contributed by atoms with Gasteiger partial charge in [-0.05, 0) is 59.8 Å². The highest BCUT2D eigenvalue weighted by molar-refractivity contribution is 7.17. The highest BCUT2D eigenvalue weighted by Gasteiger charge is 2.20. The van der Waals surface area contributed by atoms with Gasteiger partial charge in [0.25, 0.3) is 0 Å². The third kappa shape index (κ3) is 4.65. The van der Waals surface area contributed by atoms with Crippen LogP contribution >= 0.6 is 23.7 Å². The first-order valence-corrected chi connectivity index (χ1v) is 11.9. The van der Waals surface area contributed by atoms with Crippen molar-refractivity contribution in [2.75, 3.05) is 37.6 Å². The molecule has 0 amide bonds. The van der Waals surface area contributed by atoms with Crippen molar-refractivity contribution in [3.63, 3.8) is 0 Å². The molecule has 1 unspecified atom stereocenters. The third-order valence-electron chi connectivity index (χ3n) is 6.47. The van der Waals surface area contributed by atoms with Gasteiger partial charge in [-0.25, -0.2) is 4.98 Å². The SMILES string of the molecule is CCN1CCN(c2nc(-c3ccc(C4=CCC(O)CC4)cc3)cc3ccsc23)CC1.Cl. The average Bonchev–Trinajstić information content (AvgIpc) is 3.28. The Bertz CT molecular complexity index is 1050. The normalized spacial score (nSPS) is 19.9. The number of halogens is 1. The van der Waals surface area contributed by atoms with Crippen molar-refractivity contribution >= 4 is 45.2 Å². The van der Waals surface area contributed by atoms with Gasteiger partial charge in [-0.1, -0.05) is 37.3 Å². The Morgan fingerprint density at radius 1 is 1.06 bits per heavy atom. The van der Waals surface area contributed by atoms with Crippen LogP contribution in [0.4, 0.5) is 5.82 Å². The van der Waals surface area contributed by atoms with Crippen LogP contribution in [0.15, 0.2) is 47.9 Å². The van der Waals surface area contributed by atoms with Gasteiger partial charge in [0.1, 0.15) is 5.82 Å². The molecule has 1 saturated heterocycles. The third-order valence-corrected chi connectivity index (χ3v) is 7.40.